The first kappa shape index (κ1) is 7.20. The van der Waals surface area contributed by atoms with Gasteiger partial charge in [-0.05, 0) is 26.7 Å². The van der Waals surface area contributed by atoms with E-state index in [9.17, 15) is 0 Å². The Balaban J connectivity index is 2.09. The van der Waals surface area contributed by atoms with Crippen molar-refractivity contribution < 1.29 is 0 Å². The molecule has 0 radical (unpaired) electrons. The lowest BCUT2D eigenvalue weighted by molar-refractivity contribution is 0.0759. The van der Waals surface area contributed by atoms with E-state index in [4.69, 9.17) is 0 Å². The van der Waals surface area contributed by atoms with E-state index in [2.05, 4.69) is 25.3 Å². The molecule has 1 heteroatoms. The molecule has 0 N–H and O–H groups in total. The standard InChI is InChI=1S/C10H17N/c1-7(2)11-8(3)9-5-4-6-10(9)11/h7,9-10H,3-6H2,1-2H3. The maximum absolute atomic E-state index is 4.13. The minimum absolute atomic E-state index is 0.668. The van der Waals surface area contributed by atoms with Crippen LogP contribution in [0.4, 0.5) is 0 Å². The lowest BCUT2D eigenvalue weighted by Gasteiger charge is -2.51. The lowest BCUT2D eigenvalue weighted by atomic mass is 9.86. The molecule has 0 spiro atoms. The van der Waals surface area contributed by atoms with Gasteiger partial charge in [0.1, 0.15) is 0 Å². The fraction of sp³-hybridized carbons (Fsp3) is 0.800. The van der Waals surface area contributed by atoms with Gasteiger partial charge in [-0.2, -0.15) is 0 Å². The summed E-state index contributed by atoms with van der Waals surface area (Å²) in [5.41, 5.74) is 1.41. The zero-order valence-electron chi connectivity index (χ0n) is 7.51. The summed E-state index contributed by atoms with van der Waals surface area (Å²) >= 11 is 0. The van der Waals surface area contributed by atoms with Gasteiger partial charge in [-0.25, -0.2) is 0 Å². The molecule has 2 fully saturated rings. The van der Waals surface area contributed by atoms with Gasteiger partial charge in [0.05, 0.1) is 0 Å². The predicted molar refractivity (Wildman–Crippen MR) is 47.2 cm³/mol. The van der Waals surface area contributed by atoms with Crippen molar-refractivity contribution in [1.82, 2.24) is 4.90 Å². The van der Waals surface area contributed by atoms with Crippen LogP contribution >= 0.6 is 0 Å². The predicted octanol–water partition coefficient (Wildman–Crippen LogP) is 2.39. The Morgan fingerprint density at radius 2 is 2.18 bits per heavy atom. The second-order valence-electron chi connectivity index (χ2n) is 4.10. The molecule has 1 saturated heterocycles. The Morgan fingerprint density at radius 3 is 2.82 bits per heavy atom. The van der Waals surface area contributed by atoms with Crippen LogP contribution in [0, 0.1) is 5.92 Å². The van der Waals surface area contributed by atoms with Crippen molar-refractivity contribution in [3.8, 4) is 0 Å². The number of rotatable bonds is 1. The highest BCUT2D eigenvalue weighted by Crippen LogP contribution is 2.46. The van der Waals surface area contributed by atoms with Crippen molar-refractivity contribution in [2.24, 2.45) is 5.92 Å². The smallest absolute Gasteiger partial charge is 0.0372 e. The number of nitrogens with zero attached hydrogens (tertiary/aromatic N) is 1. The third-order valence-corrected chi connectivity index (χ3v) is 3.15. The van der Waals surface area contributed by atoms with Crippen molar-refractivity contribution in [2.75, 3.05) is 0 Å². The van der Waals surface area contributed by atoms with Crippen LogP contribution < -0.4 is 0 Å². The highest BCUT2D eigenvalue weighted by molar-refractivity contribution is 5.20. The van der Waals surface area contributed by atoms with Crippen molar-refractivity contribution in [1.29, 1.82) is 0 Å². The first-order chi connectivity index (χ1) is 5.22. The topological polar surface area (TPSA) is 3.24 Å². The maximum Gasteiger partial charge on any atom is 0.0372 e. The molecule has 2 aliphatic rings. The molecule has 2 unspecified atom stereocenters. The van der Waals surface area contributed by atoms with Gasteiger partial charge >= 0.3 is 0 Å². The third-order valence-electron chi connectivity index (χ3n) is 3.15. The third kappa shape index (κ3) is 0.831. The van der Waals surface area contributed by atoms with Crippen LogP contribution in [0.15, 0.2) is 12.3 Å². The first-order valence-electron chi connectivity index (χ1n) is 4.69. The number of hydrogen-bond acceptors (Lipinski definition) is 1. The van der Waals surface area contributed by atoms with Gasteiger partial charge in [0.25, 0.3) is 0 Å². The van der Waals surface area contributed by atoms with E-state index in [0.717, 1.165) is 12.0 Å². The van der Waals surface area contributed by atoms with Crippen LogP contribution in [-0.2, 0) is 0 Å². The highest BCUT2D eigenvalue weighted by Gasteiger charge is 2.45. The molecular formula is C10H17N. The van der Waals surface area contributed by atoms with Crippen molar-refractivity contribution in [3.05, 3.63) is 12.3 Å². The molecule has 11 heavy (non-hydrogen) atoms. The second-order valence-corrected chi connectivity index (χ2v) is 4.10. The van der Waals surface area contributed by atoms with Gasteiger partial charge in [-0.15, -0.1) is 0 Å². The maximum atomic E-state index is 4.13. The van der Waals surface area contributed by atoms with Crippen LogP contribution in [0.25, 0.3) is 0 Å². The Kier molecular flexibility index (Phi) is 1.48. The van der Waals surface area contributed by atoms with Gasteiger partial charge in [-0.3, -0.25) is 0 Å². The molecule has 0 aromatic rings. The number of likely N-dealkylation sites (tertiary alicyclic amines) is 1. The van der Waals surface area contributed by atoms with Crippen LogP contribution in [0.2, 0.25) is 0 Å². The fourth-order valence-electron chi connectivity index (χ4n) is 2.70. The highest BCUT2D eigenvalue weighted by atomic mass is 15.3. The van der Waals surface area contributed by atoms with E-state index in [1.807, 2.05) is 0 Å². The van der Waals surface area contributed by atoms with E-state index in [0.29, 0.717) is 6.04 Å². The molecule has 1 aliphatic carbocycles. The zero-order valence-corrected chi connectivity index (χ0v) is 7.51. The summed E-state index contributed by atoms with van der Waals surface area (Å²) in [6, 6.07) is 1.53. The van der Waals surface area contributed by atoms with Crippen LogP contribution in [0.5, 0.6) is 0 Å². The average Bonchev–Trinajstić information content (AvgIpc) is 2.30. The van der Waals surface area contributed by atoms with Gasteiger partial charge < -0.3 is 4.90 Å². The number of hydrogen-bond donors (Lipinski definition) is 0. The molecular weight excluding hydrogens is 134 g/mol. The largest absolute Gasteiger partial charge is 0.369 e. The summed E-state index contributed by atoms with van der Waals surface area (Å²) in [6.07, 6.45) is 4.21. The summed E-state index contributed by atoms with van der Waals surface area (Å²) in [5, 5.41) is 0. The molecule has 0 bridgehead atoms. The number of fused-ring (bicyclic) bond motifs is 1. The van der Waals surface area contributed by atoms with Gasteiger partial charge in [0, 0.05) is 23.7 Å². The van der Waals surface area contributed by atoms with Gasteiger partial charge in [0.2, 0.25) is 0 Å². The fourth-order valence-corrected chi connectivity index (χ4v) is 2.70. The summed E-state index contributed by atoms with van der Waals surface area (Å²) in [7, 11) is 0. The molecule has 1 aliphatic heterocycles. The van der Waals surface area contributed by atoms with Crippen molar-refractivity contribution >= 4 is 0 Å². The molecule has 0 aromatic heterocycles. The molecule has 0 amide bonds. The van der Waals surface area contributed by atoms with Gasteiger partial charge in [-0.1, -0.05) is 13.0 Å². The van der Waals surface area contributed by atoms with Crippen molar-refractivity contribution in [2.45, 2.75) is 45.2 Å². The Bertz CT molecular complexity index is 183. The molecule has 0 aromatic carbocycles. The monoisotopic (exact) mass is 151 g/mol. The van der Waals surface area contributed by atoms with E-state index >= 15 is 0 Å². The minimum Gasteiger partial charge on any atom is -0.369 e. The zero-order chi connectivity index (χ0) is 8.01. The Morgan fingerprint density at radius 1 is 1.45 bits per heavy atom. The lowest BCUT2D eigenvalue weighted by Crippen LogP contribution is -2.53. The van der Waals surface area contributed by atoms with Crippen LogP contribution in [-0.4, -0.2) is 17.0 Å². The quantitative estimate of drug-likeness (QED) is 0.556. The van der Waals surface area contributed by atoms with E-state index < -0.39 is 0 Å². The molecule has 62 valence electrons. The summed E-state index contributed by atoms with van der Waals surface area (Å²) in [4.78, 5) is 2.50. The molecule has 1 nitrogen and oxygen atoms in total. The van der Waals surface area contributed by atoms with E-state index in [1.54, 1.807) is 0 Å². The molecule has 1 saturated carbocycles. The average molecular weight is 151 g/mol. The minimum atomic E-state index is 0.668. The Hall–Kier alpha value is -0.460. The molecule has 2 atom stereocenters. The van der Waals surface area contributed by atoms with E-state index in [-0.39, 0.29) is 0 Å². The summed E-state index contributed by atoms with van der Waals surface area (Å²) in [6.45, 7) is 8.66. The first-order valence-corrected chi connectivity index (χ1v) is 4.69. The second kappa shape index (κ2) is 2.26. The molecule has 1 heterocycles. The van der Waals surface area contributed by atoms with Crippen LogP contribution in [0.3, 0.4) is 0 Å². The van der Waals surface area contributed by atoms with Gasteiger partial charge in [0.15, 0.2) is 0 Å². The normalized spacial score (nSPS) is 35.9. The molecule has 2 rings (SSSR count). The summed E-state index contributed by atoms with van der Waals surface area (Å²) < 4.78 is 0. The van der Waals surface area contributed by atoms with Crippen LogP contribution in [0.1, 0.15) is 33.1 Å². The SMILES string of the molecule is C=C1C2CCCC2N1C(C)C. The summed E-state index contributed by atoms with van der Waals surface area (Å²) in [5.74, 6) is 0.859. The Labute approximate surface area is 69.1 Å². The van der Waals surface area contributed by atoms with E-state index in [1.165, 1.54) is 25.0 Å². The van der Waals surface area contributed by atoms with Crippen molar-refractivity contribution in [3.63, 3.8) is 0 Å².